The molecule has 3 rings (SSSR count). The van der Waals surface area contributed by atoms with Gasteiger partial charge in [0.2, 0.25) is 20.0 Å². The standard InChI is InChI=1S/C17H26N2O4S2/c1-14-6-2-3-7-17(14)18-24(20,21)15-8-10-16(11-9-15)25(22,23)19-12-4-5-13-19/h8-11,14,17-18H,2-7,12-13H2,1H3/t14-,17-/m0/s1. The summed E-state index contributed by atoms with van der Waals surface area (Å²) in [6.07, 6.45) is 5.79. The molecule has 25 heavy (non-hydrogen) atoms. The van der Waals surface area contributed by atoms with E-state index in [-0.39, 0.29) is 15.8 Å². The molecule has 1 N–H and O–H groups in total. The number of benzene rings is 1. The number of nitrogens with one attached hydrogen (secondary N) is 1. The van der Waals surface area contributed by atoms with Crippen molar-refractivity contribution in [1.82, 2.24) is 9.03 Å². The maximum Gasteiger partial charge on any atom is 0.243 e. The Morgan fingerprint density at radius 3 is 2.04 bits per heavy atom. The van der Waals surface area contributed by atoms with Crippen LogP contribution in [-0.4, -0.2) is 40.3 Å². The highest BCUT2D eigenvalue weighted by Crippen LogP contribution is 2.26. The first kappa shape index (κ1) is 18.8. The van der Waals surface area contributed by atoms with Gasteiger partial charge in [-0.2, -0.15) is 4.31 Å². The lowest BCUT2D eigenvalue weighted by atomic mass is 9.87. The second kappa shape index (κ2) is 7.34. The Kier molecular flexibility index (Phi) is 5.53. The first-order valence-corrected chi connectivity index (χ1v) is 11.9. The van der Waals surface area contributed by atoms with E-state index in [4.69, 9.17) is 0 Å². The van der Waals surface area contributed by atoms with E-state index in [1.165, 1.54) is 28.6 Å². The summed E-state index contributed by atoms with van der Waals surface area (Å²) in [6, 6.07) is 5.52. The summed E-state index contributed by atoms with van der Waals surface area (Å²) >= 11 is 0. The van der Waals surface area contributed by atoms with Crippen molar-refractivity contribution in [2.24, 2.45) is 5.92 Å². The van der Waals surface area contributed by atoms with Crippen molar-refractivity contribution in [2.45, 2.75) is 61.3 Å². The number of hydrogen-bond donors (Lipinski definition) is 1. The topological polar surface area (TPSA) is 83.5 Å². The van der Waals surface area contributed by atoms with Gasteiger partial charge in [-0.25, -0.2) is 21.6 Å². The molecule has 1 aliphatic heterocycles. The Morgan fingerprint density at radius 2 is 1.44 bits per heavy atom. The monoisotopic (exact) mass is 386 g/mol. The Labute approximate surface area is 150 Å². The summed E-state index contributed by atoms with van der Waals surface area (Å²) in [7, 11) is -7.15. The average Bonchev–Trinajstić information content (AvgIpc) is 3.12. The fraction of sp³-hybridized carbons (Fsp3) is 0.647. The van der Waals surface area contributed by atoms with E-state index in [9.17, 15) is 16.8 Å². The molecule has 8 heteroatoms. The summed E-state index contributed by atoms with van der Waals surface area (Å²) in [5.74, 6) is 0.318. The van der Waals surface area contributed by atoms with Crippen molar-refractivity contribution >= 4 is 20.0 Å². The second-order valence-corrected chi connectivity index (χ2v) is 10.7. The molecule has 0 spiro atoms. The number of hydrogen-bond acceptors (Lipinski definition) is 4. The lowest BCUT2D eigenvalue weighted by molar-refractivity contribution is 0.310. The van der Waals surface area contributed by atoms with Crippen molar-refractivity contribution in [1.29, 1.82) is 0 Å². The smallest absolute Gasteiger partial charge is 0.208 e. The van der Waals surface area contributed by atoms with Gasteiger partial charge in [0.1, 0.15) is 0 Å². The zero-order valence-corrected chi connectivity index (χ0v) is 16.2. The van der Waals surface area contributed by atoms with Crippen molar-refractivity contribution < 1.29 is 16.8 Å². The van der Waals surface area contributed by atoms with Crippen LogP contribution in [0, 0.1) is 5.92 Å². The average molecular weight is 387 g/mol. The van der Waals surface area contributed by atoms with Gasteiger partial charge >= 0.3 is 0 Å². The highest BCUT2D eigenvalue weighted by molar-refractivity contribution is 7.89. The van der Waals surface area contributed by atoms with E-state index in [1.807, 2.05) is 0 Å². The molecule has 1 heterocycles. The molecule has 1 saturated heterocycles. The van der Waals surface area contributed by atoms with Gasteiger partial charge in [0.05, 0.1) is 9.79 Å². The molecular weight excluding hydrogens is 360 g/mol. The zero-order valence-electron chi connectivity index (χ0n) is 14.5. The fourth-order valence-electron chi connectivity index (χ4n) is 3.63. The van der Waals surface area contributed by atoms with Gasteiger partial charge in [-0.15, -0.1) is 0 Å². The Balaban J connectivity index is 1.77. The Morgan fingerprint density at radius 1 is 0.880 bits per heavy atom. The normalized spacial score (nSPS) is 26.0. The largest absolute Gasteiger partial charge is 0.243 e. The van der Waals surface area contributed by atoms with Crippen LogP contribution in [0.4, 0.5) is 0 Å². The van der Waals surface area contributed by atoms with E-state index in [0.29, 0.717) is 19.0 Å². The van der Waals surface area contributed by atoms with Crippen LogP contribution >= 0.6 is 0 Å². The van der Waals surface area contributed by atoms with Gasteiger partial charge in [-0.05, 0) is 55.9 Å². The summed E-state index contributed by atoms with van der Waals surface area (Å²) in [6.45, 7) is 3.13. The molecular formula is C17H26N2O4S2. The van der Waals surface area contributed by atoms with Crippen molar-refractivity contribution in [2.75, 3.05) is 13.1 Å². The number of sulfonamides is 2. The van der Waals surface area contributed by atoms with Crippen LogP contribution in [0.3, 0.4) is 0 Å². The number of rotatable bonds is 5. The summed E-state index contributed by atoms with van der Waals surface area (Å²) in [5.41, 5.74) is 0. The SMILES string of the molecule is C[C@H]1CCCC[C@@H]1NS(=O)(=O)c1ccc(S(=O)(=O)N2CCCC2)cc1. The van der Waals surface area contributed by atoms with Gasteiger partial charge in [-0.1, -0.05) is 19.8 Å². The molecule has 0 unspecified atom stereocenters. The maximum absolute atomic E-state index is 12.6. The quantitative estimate of drug-likeness (QED) is 0.842. The van der Waals surface area contributed by atoms with Crippen LogP contribution in [-0.2, 0) is 20.0 Å². The van der Waals surface area contributed by atoms with Crippen LogP contribution < -0.4 is 4.72 Å². The fourth-order valence-corrected chi connectivity index (χ4v) is 6.52. The lowest BCUT2D eigenvalue weighted by Gasteiger charge is -2.29. The molecule has 140 valence electrons. The maximum atomic E-state index is 12.6. The van der Waals surface area contributed by atoms with Crippen molar-refractivity contribution in [3.63, 3.8) is 0 Å². The Hall–Kier alpha value is -0.960. The van der Waals surface area contributed by atoms with Crippen LogP contribution in [0.15, 0.2) is 34.1 Å². The molecule has 0 aromatic heterocycles. The van der Waals surface area contributed by atoms with Crippen LogP contribution in [0.5, 0.6) is 0 Å². The molecule has 6 nitrogen and oxygen atoms in total. The molecule has 1 aliphatic carbocycles. The van der Waals surface area contributed by atoms with Crippen LogP contribution in [0.1, 0.15) is 45.4 Å². The summed E-state index contributed by atoms with van der Waals surface area (Å²) < 4.78 is 54.5. The third kappa shape index (κ3) is 4.07. The molecule has 2 fully saturated rings. The predicted molar refractivity (Wildman–Crippen MR) is 96.2 cm³/mol. The molecule has 0 radical (unpaired) electrons. The summed E-state index contributed by atoms with van der Waals surface area (Å²) in [4.78, 5) is 0.269. The van der Waals surface area contributed by atoms with Gasteiger partial charge in [0.15, 0.2) is 0 Å². The van der Waals surface area contributed by atoms with Crippen LogP contribution in [0.2, 0.25) is 0 Å². The minimum atomic E-state index is -3.63. The van der Waals surface area contributed by atoms with Gasteiger partial charge in [-0.3, -0.25) is 0 Å². The van der Waals surface area contributed by atoms with Gasteiger partial charge in [0.25, 0.3) is 0 Å². The molecule has 0 bridgehead atoms. The van der Waals surface area contributed by atoms with Gasteiger partial charge < -0.3 is 0 Å². The molecule has 2 aliphatic rings. The molecule has 1 saturated carbocycles. The van der Waals surface area contributed by atoms with E-state index in [0.717, 1.165) is 38.5 Å². The lowest BCUT2D eigenvalue weighted by Crippen LogP contribution is -2.40. The summed E-state index contributed by atoms with van der Waals surface area (Å²) in [5, 5.41) is 0. The minimum Gasteiger partial charge on any atom is -0.208 e. The Bertz CT molecular complexity index is 798. The van der Waals surface area contributed by atoms with E-state index in [1.54, 1.807) is 0 Å². The number of nitrogens with zero attached hydrogens (tertiary/aromatic N) is 1. The first-order valence-electron chi connectivity index (χ1n) is 8.93. The third-order valence-electron chi connectivity index (χ3n) is 5.25. The molecule has 1 aromatic rings. The highest BCUT2D eigenvalue weighted by Gasteiger charge is 2.29. The molecule has 2 atom stereocenters. The minimum absolute atomic E-state index is 0.0493. The van der Waals surface area contributed by atoms with Crippen molar-refractivity contribution in [3.8, 4) is 0 Å². The first-order chi connectivity index (χ1) is 11.8. The van der Waals surface area contributed by atoms with Crippen LogP contribution in [0.25, 0.3) is 0 Å². The zero-order chi connectivity index (χ0) is 18.1. The van der Waals surface area contributed by atoms with E-state index >= 15 is 0 Å². The predicted octanol–water partition coefficient (Wildman–Crippen LogP) is 2.33. The molecule has 1 aromatic carbocycles. The highest BCUT2D eigenvalue weighted by atomic mass is 32.2. The third-order valence-corrected chi connectivity index (χ3v) is 8.67. The van der Waals surface area contributed by atoms with Crippen molar-refractivity contribution in [3.05, 3.63) is 24.3 Å². The van der Waals surface area contributed by atoms with E-state index in [2.05, 4.69) is 11.6 Å². The van der Waals surface area contributed by atoms with Gasteiger partial charge in [0, 0.05) is 19.1 Å². The molecule has 0 amide bonds. The second-order valence-electron chi connectivity index (χ2n) is 7.07. The van der Waals surface area contributed by atoms with E-state index < -0.39 is 20.0 Å².